The maximum absolute atomic E-state index is 14.0. The summed E-state index contributed by atoms with van der Waals surface area (Å²) in [5.41, 5.74) is 3.60. The van der Waals surface area contributed by atoms with Crippen molar-refractivity contribution in [2.75, 3.05) is 19.6 Å². The second-order valence-corrected chi connectivity index (χ2v) is 12.6. The molecule has 37 heavy (non-hydrogen) atoms. The van der Waals surface area contributed by atoms with Crippen molar-refractivity contribution in [3.63, 3.8) is 0 Å². The van der Waals surface area contributed by atoms with Gasteiger partial charge >= 0.3 is 0 Å². The van der Waals surface area contributed by atoms with Crippen LogP contribution in [0.4, 0.5) is 0 Å². The Balaban J connectivity index is 1.10. The average molecular weight is 500 g/mol. The molecule has 6 heteroatoms. The SMILES string of the molecule is Cc1cccc(Cn2c(C(=O)N3CCN(C(=O)C45CC6CC(CC(C6)C4)C5)[C@H](C)C3)cc3ccoc32)c1. The first-order valence-electron chi connectivity index (χ1n) is 14.1. The van der Waals surface area contributed by atoms with Crippen molar-refractivity contribution in [1.82, 2.24) is 14.4 Å². The lowest BCUT2D eigenvalue weighted by Crippen LogP contribution is -2.61. The highest BCUT2D eigenvalue weighted by Crippen LogP contribution is 2.60. The van der Waals surface area contributed by atoms with Crippen LogP contribution in [0.2, 0.25) is 0 Å². The van der Waals surface area contributed by atoms with Gasteiger partial charge < -0.3 is 18.8 Å². The summed E-state index contributed by atoms with van der Waals surface area (Å²) >= 11 is 0. The third kappa shape index (κ3) is 3.82. The zero-order chi connectivity index (χ0) is 25.3. The zero-order valence-corrected chi connectivity index (χ0v) is 22.0. The molecule has 1 aromatic carbocycles. The second-order valence-electron chi connectivity index (χ2n) is 12.6. The van der Waals surface area contributed by atoms with Gasteiger partial charge in [0.1, 0.15) is 5.69 Å². The molecule has 4 aliphatic carbocycles. The van der Waals surface area contributed by atoms with E-state index in [1.165, 1.54) is 24.8 Å². The van der Waals surface area contributed by atoms with Crippen LogP contribution in [0.15, 0.2) is 47.1 Å². The first-order valence-corrected chi connectivity index (χ1v) is 14.1. The monoisotopic (exact) mass is 499 g/mol. The molecule has 5 fully saturated rings. The molecule has 5 aliphatic rings. The van der Waals surface area contributed by atoms with Crippen molar-refractivity contribution in [2.45, 2.75) is 65.0 Å². The normalized spacial score (nSPS) is 30.9. The molecule has 4 bridgehead atoms. The van der Waals surface area contributed by atoms with Crippen LogP contribution in [0.25, 0.3) is 11.1 Å². The van der Waals surface area contributed by atoms with Crippen molar-refractivity contribution in [1.29, 1.82) is 0 Å². The Labute approximate surface area is 218 Å². The molecular weight excluding hydrogens is 462 g/mol. The van der Waals surface area contributed by atoms with Gasteiger partial charge in [-0.05, 0) is 87.8 Å². The molecule has 0 spiro atoms. The first-order chi connectivity index (χ1) is 17.9. The number of hydrogen-bond acceptors (Lipinski definition) is 3. The number of carbonyl (C=O) groups excluding carboxylic acids is 2. The Morgan fingerprint density at radius 3 is 2.41 bits per heavy atom. The van der Waals surface area contributed by atoms with E-state index < -0.39 is 0 Å². The van der Waals surface area contributed by atoms with Crippen molar-refractivity contribution >= 4 is 22.9 Å². The molecule has 3 heterocycles. The molecule has 4 saturated carbocycles. The van der Waals surface area contributed by atoms with Gasteiger partial charge in [0.05, 0.1) is 18.2 Å². The fraction of sp³-hybridized carbons (Fsp3) is 0.548. The molecule has 2 amide bonds. The number of amides is 2. The number of furan rings is 1. The Hall–Kier alpha value is -3.02. The van der Waals surface area contributed by atoms with Crippen molar-refractivity contribution in [3.8, 4) is 0 Å². The van der Waals surface area contributed by atoms with E-state index in [4.69, 9.17) is 4.42 Å². The van der Waals surface area contributed by atoms with E-state index >= 15 is 0 Å². The van der Waals surface area contributed by atoms with Crippen LogP contribution in [0.3, 0.4) is 0 Å². The van der Waals surface area contributed by atoms with E-state index in [1.807, 2.05) is 21.6 Å². The summed E-state index contributed by atoms with van der Waals surface area (Å²) in [7, 11) is 0. The standard InChI is InChI=1S/C31H37N3O3/c1-20-4-3-5-22(10-20)19-34-27(14-26-6-9-37-29(26)34)28(35)32-7-8-33(21(2)18-32)30(36)31-15-23-11-24(16-31)13-25(12-23)17-31/h3-6,9-10,14,21,23-25H,7-8,11-13,15-19H2,1-2H3/t21-,23?,24?,25?,31?/m1/s1. The predicted octanol–water partition coefficient (Wildman–Crippen LogP) is 5.48. The van der Waals surface area contributed by atoms with Gasteiger partial charge in [-0.2, -0.15) is 0 Å². The number of nitrogens with zero attached hydrogens (tertiary/aromatic N) is 3. The highest BCUT2D eigenvalue weighted by atomic mass is 16.3. The minimum absolute atomic E-state index is 0.0211. The van der Waals surface area contributed by atoms with Gasteiger partial charge in [-0.25, -0.2) is 0 Å². The highest BCUT2D eigenvalue weighted by Gasteiger charge is 2.56. The predicted molar refractivity (Wildman–Crippen MR) is 142 cm³/mol. The largest absolute Gasteiger partial charge is 0.448 e. The number of hydrogen-bond donors (Lipinski definition) is 0. The number of piperazine rings is 1. The van der Waals surface area contributed by atoms with Gasteiger partial charge in [-0.1, -0.05) is 29.8 Å². The fourth-order valence-electron chi connectivity index (χ4n) is 8.59. The summed E-state index contributed by atoms with van der Waals surface area (Å²) in [5, 5.41) is 0.944. The number of fused-ring (bicyclic) bond motifs is 1. The molecule has 2 aromatic heterocycles. The average Bonchev–Trinajstić information content (AvgIpc) is 3.45. The molecule has 0 unspecified atom stereocenters. The quantitative estimate of drug-likeness (QED) is 0.478. The first kappa shape index (κ1) is 23.1. The molecule has 0 radical (unpaired) electrons. The number of carbonyl (C=O) groups is 2. The third-order valence-corrected chi connectivity index (χ3v) is 9.81. The van der Waals surface area contributed by atoms with Gasteiger partial charge in [-0.15, -0.1) is 0 Å². The summed E-state index contributed by atoms with van der Waals surface area (Å²) in [4.78, 5) is 31.9. The minimum atomic E-state index is -0.123. The number of rotatable bonds is 4. The molecule has 1 saturated heterocycles. The van der Waals surface area contributed by atoms with Crippen LogP contribution in [-0.2, 0) is 11.3 Å². The highest BCUT2D eigenvalue weighted by molar-refractivity contribution is 5.98. The minimum Gasteiger partial charge on any atom is -0.448 e. The Kier molecular flexibility index (Phi) is 5.31. The van der Waals surface area contributed by atoms with Crippen molar-refractivity contribution in [2.24, 2.45) is 23.2 Å². The Morgan fingerprint density at radius 1 is 1.00 bits per heavy atom. The molecule has 1 aliphatic heterocycles. The number of benzene rings is 1. The lowest BCUT2D eigenvalue weighted by atomic mass is 9.49. The molecule has 6 nitrogen and oxygen atoms in total. The van der Waals surface area contributed by atoms with E-state index in [0.29, 0.717) is 37.8 Å². The van der Waals surface area contributed by atoms with Gasteiger partial charge in [0.25, 0.3) is 5.91 Å². The molecule has 0 N–H and O–H groups in total. The fourth-order valence-corrected chi connectivity index (χ4v) is 8.59. The van der Waals surface area contributed by atoms with Gasteiger partial charge in [0, 0.05) is 31.1 Å². The summed E-state index contributed by atoms with van der Waals surface area (Å²) in [5.74, 6) is 2.67. The smallest absolute Gasteiger partial charge is 0.270 e. The number of aryl methyl sites for hydroxylation is 1. The molecule has 1 atom stereocenters. The summed E-state index contributed by atoms with van der Waals surface area (Å²) in [6.07, 6.45) is 8.99. The van der Waals surface area contributed by atoms with Gasteiger partial charge in [-0.3, -0.25) is 9.59 Å². The third-order valence-electron chi connectivity index (χ3n) is 9.81. The van der Waals surface area contributed by atoms with Crippen LogP contribution in [0.5, 0.6) is 0 Å². The van der Waals surface area contributed by atoms with E-state index in [1.54, 1.807) is 6.26 Å². The Bertz CT molecular complexity index is 1330. The van der Waals surface area contributed by atoms with Crippen LogP contribution >= 0.6 is 0 Å². The maximum Gasteiger partial charge on any atom is 0.270 e. The summed E-state index contributed by atoms with van der Waals surface area (Å²) in [6.45, 7) is 6.57. The van der Waals surface area contributed by atoms with Crippen LogP contribution in [0.1, 0.15) is 67.1 Å². The molecule has 8 rings (SSSR count). The summed E-state index contributed by atoms with van der Waals surface area (Å²) < 4.78 is 7.80. The molecular formula is C31H37N3O3. The van der Waals surface area contributed by atoms with Crippen molar-refractivity contribution in [3.05, 3.63) is 59.5 Å². The Morgan fingerprint density at radius 2 is 1.73 bits per heavy atom. The topological polar surface area (TPSA) is 58.7 Å². The van der Waals surface area contributed by atoms with E-state index in [0.717, 1.165) is 53.7 Å². The zero-order valence-electron chi connectivity index (χ0n) is 22.0. The summed E-state index contributed by atoms with van der Waals surface area (Å²) in [6, 6.07) is 12.3. The van der Waals surface area contributed by atoms with Gasteiger partial charge in [0.15, 0.2) is 0 Å². The van der Waals surface area contributed by atoms with Crippen LogP contribution in [-0.4, -0.2) is 51.9 Å². The second kappa shape index (κ2) is 8.50. The number of aromatic nitrogens is 1. The van der Waals surface area contributed by atoms with E-state index in [-0.39, 0.29) is 17.4 Å². The lowest BCUT2D eigenvalue weighted by Gasteiger charge is -2.57. The molecule has 3 aromatic rings. The lowest BCUT2D eigenvalue weighted by molar-refractivity contribution is -0.161. The van der Waals surface area contributed by atoms with Crippen LogP contribution < -0.4 is 0 Å². The van der Waals surface area contributed by atoms with Crippen LogP contribution in [0, 0.1) is 30.1 Å². The maximum atomic E-state index is 14.0. The van der Waals surface area contributed by atoms with E-state index in [9.17, 15) is 9.59 Å². The van der Waals surface area contributed by atoms with Gasteiger partial charge in [0.2, 0.25) is 11.6 Å². The molecule has 194 valence electrons. The van der Waals surface area contributed by atoms with Crippen molar-refractivity contribution < 1.29 is 14.0 Å². The van der Waals surface area contributed by atoms with E-state index in [2.05, 4.69) is 43.0 Å².